The monoisotopic (exact) mass is 474 g/mol. The van der Waals surface area contributed by atoms with Crippen molar-refractivity contribution in [1.29, 1.82) is 0 Å². The molecule has 2 rings (SSSR count). The normalized spacial score (nSPS) is 11.5. The highest BCUT2D eigenvalue weighted by Gasteiger charge is 2.22. The lowest BCUT2D eigenvalue weighted by Gasteiger charge is -2.12. The predicted octanol–water partition coefficient (Wildman–Crippen LogP) is 2.86. The first-order chi connectivity index (χ1) is 15.7. The van der Waals surface area contributed by atoms with E-state index in [1.54, 1.807) is 44.4 Å². The third-order valence-electron chi connectivity index (χ3n) is 4.63. The van der Waals surface area contributed by atoms with Crippen LogP contribution in [0.25, 0.3) is 6.08 Å². The molecule has 0 bridgehead atoms. The van der Waals surface area contributed by atoms with Gasteiger partial charge in [0.1, 0.15) is 16.8 Å². The summed E-state index contributed by atoms with van der Waals surface area (Å²) < 4.78 is 14.8. The summed E-state index contributed by atoms with van der Waals surface area (Å²) in [7, 11) is 2.82. The Bertz CT molecular complexity index is 1060. The Morgan fingerprint density at radius 3 is 2.36 bits per heavy atom. The third kappa shape index (κ3) is 7.18. The molecule has 0 spiro atoms. The molecule has 1 heterocycles. The highest BCUT2D eigenvalue weighted by Crippen LogP contribution is 2.32. The molecule has 2 aromatic rings. The number of carbonyl (C=O) groups is 4. The van der Waals surface area contributed by atoms with Crippen molar-refractivity contribution in [2.45, 2.75) is 26.8 Å². The van der Waals surface area contributed by atoms with E-state index in [-0.39, 0.29) is 5.56 Å². The van der Waals surface area contributed by atoms with Gasteiger partial charge in [0.2, 0.25) is 5.91 Å². The zero-order chi connectivity index (χ0) is 24.5. The predicted molar refractivity (Wildman–Crippen MR) is 124 cm³/mol. The molecule has 1 atom stereocenters. The van der Waals surface area contributed by atoms with Crippen molar-refractivity contribution >= 4 is 46.2 Å². The summed E-state index contributed by atoms with van der Waals surface area (Å²) in [6.07, 6.45) is 2.87. The Balaban J connectivity index is 1.85. The molecule has 10 heteroatoms. The van der Waals surface area contributed by atoms with E-state index in [2.05, 4.69) is 10.6 Å². The number of aryl methyl sites for hydroxylation is 1. The summed E-state index contributed by atoms with van der Waals surface area (Å²) in [6.45, 7) is 4.44. The van der Waals surface area contributed by atoms with Gasteiger partial charge in [-0.05, 0) is 50.1 Å². The molecular formula is C23H26N2O7S. The fraction of sp³-hybridized carbons (Fsp3) is 0.304. The lowest BCUT2D eigenvalue weighted by atomic mass is 10.1. The van der Waals surface area contributed by atoms with E-state index >= 15 is 0 Å². The maximum Gasteiger partial charge on any atom is 0.341 e. The van der Waals surface area contributed by atoms with Gasteiger partial charge in [0.15, 0.2) is 6.61 Å². The number of esters is 2. The molecule has 1 aromatic carbocycles. The van der Waals surface area contributed by atoms with Crippen molar-refractivity contribution in [2.24, 2.45) is 0 Å². The molecule has 0 radical (unpaired) electrons. The maximum absolute atomic E-state index is 12.2. The Kier molecular flexibility index (Phi) is 9.17. The summed E-state index contributed by atoms with van der Waals surface area (Å²) in [5.41, 5.74) is 1.75. The number of ether oxygens (including phenoxy) is 3. The van der Waals surface area contributed by atoms with Crippen molar-refractivity contribution in [3.8, 4) is 5.75 Å². The summed E-state index contributed by atoms with van der Waals surface area (Å²) in [5.74, 6) is -1.76. The molecule has 0 aliphatic carbocycles. The molecule has 0 saturated carbocycles. The highest BCUT2D eigenvalue weighted by atomic mass is 32.1. The Labute approximate surface area is 195 Å². The second-order valence-electron chi connectivity index (χ2n) is 6.97. The van der Waals surface area contributed by atoms with E-state index in [0.29, 0.717) is 16.3 Å². The van der Waals surface area contributed by atoms with Crippen LogP contribution >= 0.6 is 11.3 Å². The molecule has 33 heavy (non-hydrogen) atoms. The minimum Gasteiger partial charge on any atom is -0.497 e. The van der Waals surface area contributed by atoms with Gasteiger partial charge in [-0.3, -0.25) is 9.59 Å². The summed E-state index contributed by atoms with van der Waals surface area (Å²) in [4.78, 5) is 49.2. The van der Waals surface area contributed by atoms with E-state index in [1.807, 2.05) is 6.92 Å². The number of hydrogen-bond acceptors (Lipinski definition) is 8. The van der Waals surface area contributed by atoms with Gasteiger partial charge in [-0.2, -0.15) is 0 Å². The molecule has 1 unspecified atom stereocenters. The first-order valence-electron chi connectivity index (χ1n) is 9.93. The number of amides is 2. The molecule has 2 amide bonds. The van der Waals surface area contributed by atoms with Gasteiger partial charge in [0.25, 0.3) is 5.91 Å². The number of methoxy groups -OCH3 is 2. The van der Waals surface area contributed by atoms with Crippen LogP contribution in [0.1, 0.15) is 33.3 Å². The number of hydrogen-bond donors (Lipinski definition) is 2. The number of rotatable bonds is 9. The van der Waals surface area contributed by atoms with Gasteiger partial charge in [-0.25, -0.2) is 9.59 Å². The fourth-order valence-electron chi connectivity index (χ4n) is 2.69. The summed E-state index contributed by atoms with van der Waals surface area (Å²) >= 11 is 1.22. The van der Waals surface area contributed by atoms with Gasteiger partial charge in [-0.15, -0.1) is 11.3 Å². The van der Waals surface area contributed by atoms with E-state index < -0.39 is 36.4 Å². The largest absolute Gasteiger partial charge is 0.497 e. The zero-order valence-electron chi connectivity index (χ0n) is 19.0. The highest BCUT2D eigenvalue weighted by molar-refractivity contribution is 7.16. The molecule has 176 valence electrons. The number of thiophene rings is 1. The summed E-state index contributed by atoms with van der Waals surface area (Å²) in [5, 5.41) is 5.36. The van der Waals surface area contributed by atoms with Crippen LogP contribution in [-0.2, 0) is 23.9 Å². The van der Waals surface area contributed by atoms with Gasteiger partial charge < -0.3 is 24.8 Å². The SMILES string of the molecule is COC(=O)c1c(NC(=O)COC(=O)C(C)NC(=O)C=Cc2ccc(OC)cc2)sc(C)c1C. The minimum absolute atomic E-state index is 0.268. The van der Waals surface area contributed by atoms with Gasteiger partial charge in [0.05, 0.1) is 19.8 Å². The van der Waals surface area contributed by atoms with E-state index in [9.17, 15) is 19.2 Å². The van der Waals surface area contributed by atoms with Crippen molar-refractivity contribution in [3.05, 3.63) is 51.9 Å². The lowest BCUT2D eigenvalue weighted by molar-refractivity contribution is -0.149. The second kappa shape index (κ2) is 11.8. The quantitative estimate of drug-likeness (QED) is 0.424. The second-order valence-corrected chi connectivity index (χ2v) is 8.20. The lowest BCUT2D eigenvalue weighted by Crippen LogP contribution is -2.39. The van der Waals surface area contributed by atoms with E-state index in [0.717, 1.165) is 10.4 Å². The number of anilines is 1. The number of carbonyl (C=O) groups excluding carboxylic acids is 4. The van der Waals surface area contributed by atoms with Crippen molar-refractivity contribution in [1.82, 2.24) is 5.32 Å². The van der Waals surface area contributed by atoms with Crippen LogP contribution in [-0.4, -0.2) is 50.6 Å². The molecule has 2 N–H and O–H groups in total. The fourth-order valence-corrected chi connectivity index (χ4v) is 3.76. The minimum atomic E-state index is -0.970. The van der Waals surface area contributed by atoms with Gasteiger partial charge in [-0.1, -0.05) is 12.1 Å². The average Bonchev–Trinajstić information content (AvgIpc) is 3.08. The number of nitrogens with one attached hydrogen (secondary N) is 2. The van der Waals surface area contributed by atoms with Gasteiger partial charge in [0, 0.05) is 11.0 Å². The maximum atomic E-state index is 12.2. The molecular weight excluding hydrogens is 448 g/mol. The van der Waals surface area contributed by atoms with Crippen LogP contribution in [0, 0.1) is 13.8 Å². The standard InChI is InChI=1S/C23H26N2O7S/c1-13-15(3)33-21(20(13)23(29)31-5)25-19(27)12-32-22(28)14(2)24-18(26)11-8-16-6-9-17(30-4)10-7-16/h6-11,14H,12H2,1-5H3,(H,24,26)(H,25,27). The zero-order valence-corrected chi connectivity index (χ0v) is 19.8. The van der Waals surface area contributed by atoms with E-state index in [1.165, 1.54) is 31.4 Å². The van der Waals surface area contributed by atoms with Crippen molar-refractivity contribution in [2.75, 3.05) is 26.1 Å². The molecule has 9 nitrogen and oxygen atoms in total. The first kappa shape index (κ1) is 25.6. The van der Waals surface area contributed by atoms with Crippen molar-refractivity contribution in [3.63, 3.8) is 0 Å². The molecule has 0 fully saturated rings. The van der Waals surface area contributed by atoms with Crippen LogP contribution in [0.4, 0.5) is 5.00 Å². The van der Waals surface area contributed by atoms with Crippen LogP contribution in [0.15, 0.2) is 30.3 Å². The van der Waals surface area contributed by atoms with Crippen LogP contribution in [0.3, 0.4) is 0 Å². The Morgan fingerprint density at radius 1 is 1.09 bits per heavy atom. The number of benzene rings is 1. The molecule has 1 aromatic heterocycles. The topological polar surface area (TPSA) is 120 Å². The van der Waals surface area contributed by atoms with Crippen LogP contribution in [0.2, 0.25) is 0 Å². The summed E-state index contributed by atoms with van der Waals surface area (Å²) in [6, 6.07) is 6.11. The molecule has 0 saturated heterocycles. The smallest absolute Gasteiger partial charge is 0.341 e. The first-order valence-corrected chi connectivity index (χ1v) is 10.7. The van der Waals surface area contributed by atoms with Gasteiger partial charge >= 0.3 is 11.9 Å². The van der Waals surface area contributed by atoms with E-state index in [4.69, 9.17) is 14.2 Å². The van der Waals surface area contributed by atoms with Crippen molar-refractivity contribution < 1.29 is 33.4 Å². The third-order valence-corrected chi connectivity index (χ3v) is 5.75. The molecule has 0 aliphatic heterocycles. The Hall–Kier alpha value is -3.66. The van der Waals surface area contributed by atoms with Crippen LogP contribution in [0.5, 0.6) is 5.75 Å². The average molecular weight is 475 g/mol. The van der Waals surface area contributed by atoms with Crippen LogP contribution < -0.4 is 15.4 Å². The Morgan fingerprint density at radius 2 is 1.76 bits per heavy atom. The molecule has 0 aliphatic rings.